The fraction of sp³-hybridized carbons (Fsp3) is 0.0625. The molecule has 1 aliphatic rings. The van der Waals surface area contributed by atoms with E-state index in [2.05, 4.69) is 33.2 Å². The Morgan fingerprint density at radius 1 is 1.00 bits per heavy atom. The Labute approximate surface area is 130 Å². The van der Waals surface area contributed by atoms with Crippen molar-refractivity contribution < 1.29 is 9.47 Å². The van der Waals surface area contributed by atoms with Gasteiger partial charge < -0.3 is 9.47 Å². The predicted octanol–water partition coefficient (Wildman–Crippen LogP) is 4.03. The van der Waals surface area contributed by atoms with E-state index in [1.54, 1.807) is 6.20 Å². The minimum atomic E-state index is 0.274. The molecule has 21 heavy (non-hydrogen) atoms. The van der Waals surface area contributed by atoms with Gasteiger partial charge in [-0.3, -0.25) is 0 Å². The van der Waals surface area contributed by atoms with Gasteiger partial charge >= 0.3 is 0 Å². The highest BCUT2D eigenvalue weighted by Crippen LogP contribution is 2.34. The second-order valence-electron chi connectivity index (χ2n) is 4.68. The first-order valence-corrected chi connectivity index (χ1v) is 7.30. The Hall–Kier alpha value is -2.27. The van der Waals surface area contributed by atoms with Crippen LogP contribution in [0, 0.1) is 0 Å². The molecule has 0 bridgehead atoms. The Morgan fingerprint density at radius 3 is 2.81 bits per heavy atom. The lowest BCUT2D eigenvalue weighted by molar-refractivity contribution is 0.174. The van der Waals surface area contributed by atoms with Crippen LogP contribution in [0.3, 0.4) is 0 Å². The molecule has 0 spiro atoms. The lowest BCUT2D eigenvalue weighted by atomic mass is 10.1. The van der Waals surface area contributed by atoms with Crippen LogP contribution < -0.4 is 9.47 Å². The van der Waals surface area contributed by atoms with E-state index in [1.165, 1.54) is 0 Å². The molecule has 4 nitrogen and oxygen atoms in total. The Balaban J connectivity index is 1.82. The number of nitrogens with zero attached hydrogens (tertiary/aromatic N) is 2. The molecule has 0 fully saturated rings. The molecular weight excluding hydrogens is 332 g/mol. The van der Waals surface area contributed by atoms with Crippen molar-refractivity contribution in [2.45, 2.75) is 0 Å². The maximum atomic E-state index is 5.43. The van der Waals surface area contributed by atoms with Crippen LogP contribution in [0.2, 0.25) is 0 Å². The average molecular weight is 343 g/mol. The molecule has 0 radical (unpaired) electrons. The van der Waals surface area contributed by atoms with Gasteiger partial charge in [-0.05, 0) is 30.3 Å². The molecule has 1 aromatic heterocycles. The van der Waals surface area contributed by atoms with Crippen LogP contribution in [0.5, 0.6) is 11.5 Å². The Kier molecular flexibility index (Phi) is 2.93. The minimum absolute atomic E-state index is 0.274. The van der Waals surface area contributed by atoms with E-state index < -0.39 is 0 Å². The Bertz CT molecular complexity index is 814. The summed E-state index contributed by atoms with van der Waals surface area (Å²) < 4.78 is 13.7. The largest absolute Gasteiger partial charge is 0.454 e. The molecule has 0 saturated carbocycles. The molecule has 3 aromatic rings. The zero-order valence-corrected chi connectivity index (χ0v) is 12.6. The molecule has 104 valence electrons. The van der Waals surface area contributed by atoms with E-state index in [-0.39, 0.29) is 6.79 Å². The molecule has 0 atom stereocenters. The quantitative estimate of drug-likeness (QED) is 0.705. The molecule has 0 unspecified atom stereocenters. The van der Waals surface area contributed by atoms with Gasteiger partial charge in [0.1, 0.15) is 0 Å². The molecule has 2 heterocycles. The second kappa shape index (κ2) is 4.93. The van der Waals surface area contributed by atoms with Crippen molar-refractivity contribution in [3.05, 3.63) is 59.2 Å². The van der Waals surface area contributed by atoms with Crippen molar-refractivity contribution >= 4 is 15.9 Å². The predicted molar refractivity (Wildman–Crippen MR) is 82.8 cm³/mol. The highest BCUT2D eigenvalue weighted by Gasteiger charge is 2.15. The number of ether oxygens (including phenoxy) is 2. The van der Waals surface area contributed by atoms with Crippen LogP contribution in [0.4, 0.5) is 0 Å². The summed E-state index contributed by atoms with van der Waals surface area (Å²) >= 11 is 3.50. The lowest BCUT2D eigenvalue weighted by Gasteiger charge is -2.09. The Morgan fingerprint density at radius 2 is 1.90 bits per heavy atom. The average Bonchev–Trinajstić information content (AvgIpc) is 3.15. The number of hydrogen-bond donors (Lipinski definition) is 0. The van der Waals surface area contributed by atoms with Crippen molar-refractivity contribution in [3.8, 4) is 28.4 Å². The smallest absolute Gasteiger partial charge is 0.231 e. The maximum Gasteiger partial charge on any atom is 0.231 e. The van der Waals surface area contributed by atoms with Crippen LogP contribution in [0.1, 0.15) is 0 Å². The summed E-state index contributed by atoms with van der Waals surface area (Å²) in [5, 5.41) is 4.42. The van der Waals surface area contributed by atoms with Crippen molar-refractivity contribution in [2.24, 2.45) is 0 Å². The third kappa shape index (κ3) is 2.19. The summed E-state index contributed by atoms with van der Waals surface area (Å²) in [5.74, 6) is 1.53. The highest BCUT2D eigenvalue weighted by atomic mass is 79.9. The number of fused-ring (bicyclic) bond motifs is 1. The number of aromatic nitrogens is 2. The molecule has 0 N–H and O–H groups in total. The first-order valence-electron chi connectivity index (χ1n) is 6.51. The molecule has 0 saturated heterocycles. The van der Waals surface area contributed by atoms with Crippen LogP contribution in [0.15, 0.2) is 59.2 Å². The topological polar surface area (TPSA) is 36.3 Å². The summed E-state index contributed by atoms with van der Waals surface area (Å²) in [6.07, 6.45) is 1.79. The van der Waals surface area contributed by atoms with Crippen molar-refractivity contribution in [3.63, 3.8) is 0 Å². The van der Waals surface area contributed by atoms with E-state index in [0.717, 1.165) is 32.9 Å². The van der Waals surface area contributed by atoms with E-state index in [4.69, 9.17) is 9.47 Å². The van der Waals surface area contributed by atoms with E-state index in [1.807, 2.05) is 41.1 Å². The fourth-order valence-corrected chi connectivity index (χ4v) is 2.79. The first-order chi connectivity index (χ1) is 10.3. The summed E-state index contributed by atoms with van der Waals surface area (Å²) in [5.41, 5.74) is 3.06. The number of halogens is 1. The molecule has 0 aliphatic carbocycles. The van der Waals surface area contributed by atoms with Gasteiger partial charge in [0.2, 0.25) is 6.79 Å². The molecule has 5 heteroatoms. The summed E-state index contributed by atoms with van der Waals surface area (Å²) in [4.78, 5) is 0. The lowest BCUT2D eigenvalue weighted by Crippen LogP contribution is -1.98. The maximum absolute atomic E-state index is 5.43. The fourth-order valence-electron chi connectivity index (χ4n) is 2.39. The van der Waals surface area contributed by atoms with Gasteiger partial charge in [0.05, 0.1) is 17.6 Å². The third-order valence-electron chi connectivity index (χ3n) is 3.36. The van der Waals surface area contributed by atoms with Gasteiger partial charge in [0.25, 0.3) is 0 Å². The van der Waals surface area contributed by atoms with Crippen LogP contribution in [-0.4, -0.2) is 16.6 Å². The van der Waals surface area contributed by atoms with E-state index in [0.29, 0.717) is 0 Å². The molecule has 2 aromatic carbocycles. The van der Waals surface area contributed by atoms with Crippen molar-refractivity contribution in [2.75, 3.05) is 6.79 Å². The highest BCUT2D eigenvalue weighted by molar-refractivity contribution is 9.10. The summed E-state index contributed by atoms with van der Waals surface area (Å²) in [6, 6.07) is 16.0. The summed E-state index contributed by atoms with van der Waals surface area (Å²) in [6.45, 7) is 0.274. The number of rotatable bonds is 2. The van der Waals surface area contributed by atoms with Gasteiger partial charge in [-0.15, -0.1) is 0 Å². The molecular formula is C16H11BrN2O2. The van der Waals surface area contributed by atoms with Crippen LogP contribution >= 0.6 is 15.9 Å². The van der Waals surface area contributed by atoms with E-state index >= 15 is 0 Å². The minimum Gasteiger partial charge on any atom is -0.454 e. The monoisotopic (exact) mass is 342 g/mol. The standard InChI is InChI=1S/C16H11BrN2O2/c17-12-3-1-2-11(8-12)14-6-7-18-19(14)13-4-5-15-16(9-13)21-10-20-15/h1-9H,10H2. The molecule has 4 rings (SSSR count). The first kappa shape index (κ1) is 12.5. The SMILES string of the molecule is Brc1cccc(-c2ccnn2-c2ccc3c(c2)OCO3)c1. The normalized spacial score (nSPS) is 12.6. The van der Waals surface area contributed by atoms with E-state index in [9.17, 15) is 0 Å². The molecule has 1 aliphatic heterocycles. The summed E-state index contributed by atoms with van der Waals surface area (Å²) in [7, 11) is 0. The zero-order valence-electron chi connectivity index (χ0n) is 11.0. The van der Waals surface area contributed by atoms with Gasteiger partial charge in [-0.1, -0.05) is 28.1 Å². The van der Waals surface area contributed by atoms with Crippen molar-refractivity contribution in [1.82, 2.24) is 9.78 Å². The van der Waals surface area contributed by atoms with Crippen LogP contribution in [0.25, 0.3) is 16.9 Å². The zero-order chi connectivity index (χ0) is 14.2. The number of benzene rings is 2. The second-order valence-corrected chi connectivity index (χ2v) is 5.59. The number of hydrogen-bond acceptors (Lipinski definition) is 3. The third-order valence-corrected chi connectivity index (χ3v) is 3.86. The van der Waals surface area contributed by atoms with Gasteiger partial charge in [0, 0.05) is 16.1 Å². The van der Waals surface area contributed by atoms with Gasteiger partial charge in [-0.2, -0.15) is 5.10 Å². The van der Waals surface area contributed by atoms with Crippen LogP contribution in [-0.2, 0) is 0 Å². The van der Waals surface area contributed by atoms with Gasteiger partial charge in [-0.25, -0.2) is 4.68 Å². The molecule has 0 amide bonds. The van der Waals surface area contributed by atoms with Gasteiger partial charge in [0.15, 0.2) is 11.5 Å². The van der Waals surface area contributed by atoms with Crippen molar-refractivity contribution in [1.29, 1.82) is 0 Å².